The summed E-state index contributed by atoms with van der Waals surface area (Å²) in [4.78, 5) is 22.7. The minimum absolute atomic E-state index is 0.111. The first kappa shape index (κ1) is 13.9. The van der Waals surface area contributed by atoms with E-state index in [1.165, 1.54) is 6.07 Å². The fourth-order valence-electron chi connectivity index (χ4n) is 1.75. The van der Waals surface area contributed by atoms with Gasteiger partial charge in [-0.05, 0) is 26.0 Å². The molecule has 106 valence electrons. The van der Waals surface area contributed by atoms with E-state index in [4.69, 9.17) is 9.15 Å². The molecular weight excluding hydrogens is 264 g/mol. The first-order chi connectivity index (χ1) is 9.40. The van der Waals surface area contributed by atoms with E-state index in [1.54, 1.807) is 12.1 Å². The van der Waals surface area contributed by atoms with Gasteiger partial charge < -0.3 is 19.0 Å². The quantitative estimate of drug-likeness (QED) is 0.684. The molecule has 0 bridgehead atoms. The molecular formula is C14H14O6. The number of hydrogen-bond donors (Lipinski definition) is 1. The highest BCUT2D eigenvalue weighted by atomic mass is 16.6. The van der Waals surface area contributed by atoms with Crippen molar-refractivity contribution in [3.8, 4) is 17.2 Å². The number of carbonyl (C=O) groups excluding carboxylic acids is 1. The van der Waals surface area contributed by atoms with Crippen LogP contribution in [0.25, 0.3) is 11.0 Å². The zero-order chi connectivity index (χ0) is 14.9. The molecule has 1 aromatic carbocycles. The lowest BCUT2D eigenvalue weighted by atomic mass is 10.2. The van der Waals surface area contributed by atoms with Gasteiger partial charge >= 0.3 is 11.6 Å². The maximum atomic E-state index is 11.8. The molecule has 1 aromatic heterocycles. The minimum atomic E-state index is -0.940. The van der Waals surface area contributed by atoms with Crippen LogP contribution in [-0.4, -0.2) is 17.2 Å². The zero-order valence-corrected chi connectivity index (χ0v) is 11.3. The van der Waals surface area contributed by atoms with Crippen molar-refractivity contribution in [3.05, 3.63) is 28.6 Å². The van der Waals surface area contributed by atoms with Crippen LogP contribution in [0.15, 0.2) is 27.4 Å². The lowest BCUT2D eigenvalue weighted by molar-refractivity contribution is -0.132. The smallest absolute Gasteiger partial charge is 0.383 e. The summed E-state index contributed by atoms with van der Waals surface area (Å²) in [6.07, 6.45) is -0.124. The van der Waals surface area contributed by atoms with E-state index in [0.29, 0.717) is 5.75 Å². The topological polar surface area (TPSA) is 86.0 Å². The van der Waals surface area contributed by atoms with Gasteiger partial charge in [-0.1, -0.05) is 6.07 Å². The van der Waals surface area contributed by atoms with Crippen LogP contribution < -0.4 is 15.1 Å². The molecule has 0 saturated heterocycles. The summed E-state index contributed by atoms with van der Waals surface area (Å²) in [7, 11) is 0. The van der Waals surface area contributed by atoms with E-state index in [-0.39, 0.29) is 17.1 Å². The number of carbonyl (C=O) groups is 1. The fraction of sp³-hybridized carbons (Fsp3) is 0.286. The van der Waals surface area contributed by atoms with Crippen LogP contribution in [-0.2, 0) is 4.79 Å². The number of aromatic hydroxyl groups is 1. The first-order valence-electron chi connectivity index (χ1n) is 6.04. The standard InChI is InChI=1S/C14H14O6/c1-7(2)18-10-6-4-5-9-11(16)13(19-8(3)15)14(17)20-12(9)10/h4-7,16H,1-3H3. The summed E-state index contributed by atoms with van der Waals surface area (Å²) < 4.78 is 15.3. The molecule has 0 atom stereocenters. The van der Waals surface area contributed by atoms with Crippen molar-refractivity contribution in [2.75, 3.05) is 0 Å². The van der Waals surface area contributed by atoms with E-state index in [0.717, 1.165) is 6.92 Å². The van der Waals surface area contributed by atoms with Gasteiger partial charge in [-0.2, -0.15) is 0 Å². The predicted molar refractivity (Wildman–Crippen MR) is 71.2 cm³/mol. The third kappa shape index (κ3) is 2.59. The fourth-order valence-corrected chi connectivity index (χ4v) is 1.75. The lowest BCUT2D eigenvalue weighted by Gasteiger charge is -2.12. The number of fused-ring (bicyclic) bond motifs is 1. The maximum Gasteiger partial charge on any atom is 0.383 e. The second-order valence-electron chi connectivity index (χ2n) is 4.46. The highest BCUT2D eigenvalue weighted by Crippen LogP contribution is 2.35. The second kappa shape index (κ2) is 5.24. The van der Waals surface area contributed by atoms with Gasteiger partial charge in [0.2, 0.25) is 0 Å². The molecule has 1 heterocycles. The van der Waals surface area contributed by atoms with Crippen LogP contribution >= 0.6 is 0 Å². The Kier molecular flexibility index (Phi) is 3.65. The Hall–Kier alpha value is -2.50. The highest BCUT2D eigenvalue weighted by molar-refractivity contribution is 5.90. The summed E-state index contributed by atoms with van der Waals surface area (Å²) in [6.45, 7) is 4.77. The van der Waals surface area contributed by atoms with Crippen molar-refractivity contribution in [3.63, 3.8) is 0 Å². The molecule has 1 N–H and O–H groups in total. The Balaban J connectivity index is 2.69. The van der Waals surface area contributed by atoms with Crippen LogP contribution in [0.2, 0.25) is 0 Å². The van der Waals surface area contributed by atoms with E-state index in [1.807, 2.05) is 13.8 Å². The van der Waals surface area contributed by atoms with Crippen LogP contribution in [0.5, 0.6) is 17.2 Å². The molecule has 0 aliphatic rings. The van der Waals surface area contributed by atoms with Gasteiger partial charge in [-0.15, -0.1) is 0 Å². The van der Waals surface area contributed by atoms with Gasteiger partial charge in [-0.25, -0.2) is 4.79 Å². The van der Waals surface area contributed by atoms with Crippen LogP contribution in [0, 0.1) is 0 Å². The number of hydrogen-bond acceptors (Lipinski definition) is 6. The van der Waals surface area contributed by atoms with Gasteiger partial charge in [0.15, 0.2) is 17.1 Å². The summed E-state index contributed by atoms with van der Waals surface area (Å²) >= 11 is 0. The monoisotopic (exact) mass is 278 g/mol. The molecule has 0 unspecified atom stereocenters. The molecule has 6 heteroatoms. The molecule has 20 heavy (non-hydrogen) atoms. The lowest BCUT2D eigenvalue weighted by Crippen LogP contribution is -2.12. The number of ether oxygens (including phenoxy) is 2. The normalized spacial score (nSPS) is 10.8. The summed E-state index contributed by atoms with van der Waals surface area (Å²) in [6, 6.07) is 4.79. The van der Waals surface area contributed by atoms with Gasteiger partial charge in [0.25, 0.3) is 5.75 Å². The molecule has 0 aliphatic carbocycles. The SMILES string of the molecule is CC(=O)Oc1c(O)c2cccc(OC(C)C)c2oc1=O. The molecule has 2 rings (SSSR count). The largest absolute Gasteiger partial charge is 0.504 e. The number of rotatable bonds is 3. The van der Waals surface area contributed by atoms with E-state index in [9.17, 15) is 14.7 Å². The Morgan fingerprint density at radius 1 is 1.35 bits per heavy atom. The third-order valence-electron chi connectivity index (χ3n) is 2.44. The van der Waals surface area contributed by atoms with E-state index >= 15 is 0 Å². The van der Waals surface area contributed by atoms with Crippen molar-refractivity contribution in [1.29, 1.82) is 0 Å². The van der Waals surface area contributed by atoms with Crippen molar-refractivity contribution >= 4 is 16.9 Å². The van der Waals surface area contributed by atoms with Gasteiger partial charge in [0, 0.05) is 6.92 Å². The van der Waals surface area contributed by atoms with Crippen molar-refractivity contribution in [2.45, 2.75) is 26.9 Å². The highest BCUT2D eigenvalue weighted by Gasteiger charge is 2.19. The van der Waals surface area contributed by atoms with Crippen LogP contribution in [0.1, 0.15) is 20.8 Å². The Morgan fingerprint density at radius 2 is 2.05 bits per heavy atom. The van der Waals surface area contributed by atoms with Crippen LogP contribution in [0.4, 0.5) is 0 Å². The third-order valence-corrected chi connectivity index (χ3v) is 2.44. The molecule has 2 aromatic rings. The van der Waals surface area contributed by atoms with Crippen LogP contribution in [0.3, 0.4) is 0 Å². The second-order valence-corrected chi connectivity index (χ2v) is 4.46. The van der Waals surface area contributed by atoms with Crippen molar-refractivity contribution < 1.29 is 23.8 Å². The van der Waals surface area contributed by atoms with E-state index in [2.05, 4.69) is 4.74 Å². The zero-order valence-electron chi connectivity index (χ0n) is 11.3. The molecule has 0 spiro atoms. The Morgan fingerprint density at radius 3 is 2.65 bits per heavy atom. The van der Waals surface area contributed by atoms with Gasteiger partial charge in [0.05, 0.1) is 11.5 Å². The molecule has 0 saturated carbocycles. The number of para-hydroxylation sites is 1. The number of benzene rings is 1. The number of esters is 1. The maximum absolute atomic E-state index is 11.8. The predicted octanol–water partition coefficient (Wildman–Crippen LogP) is 2.21. The average molecular weight is 278 g/mol. The minimum Gasteiger partial charge on any atom is -0.504 e. The van der Waals surface area contributed by atoms with Crippen molar-refractivity contribution in [2.24, 2.45) is 0 Å². The van der Waals surface area contributed by atoms with Crippen molar-refractivity contribution in [1.82, 2.24) is 0 Å². The Labute approximate surface area is 114 Å². The first-order valence-corrected chi connectivity index (χ1v) is 6.04. The summed E-state index contributed by atoms with van der Waals surface area (Å²) in [5.74, 6) is -1.35. The van der Waals surface area contributed by atoms with E-state index < -0.39 is 23.1 Å². The summed E-state index contributed by atoms with van der Waals surface area (Å²) in [5.41, 5.74) is -0.829. The molecule has 0 radical (unpaired) electrons. The molecule has 0 amide bonds. The molecule has 0 fully saturated rings. The Bertz CT molecular complexity index is 713. The van der Waals surface area contributed by atoms with Gasteiger partial charge in [-0.3, -0.25) is 4.79 Å². The van der Waals surface area contributed by atoms with Gasteiger partial charge in [0.1, 0.15) is 0 Å². The average Bonchev–Trinajstić information content (AvgIpc) is 2.35. The summed E-state index contributed by atoms with van der Waals surface area (Å²) in [5, 5.41) is 10.3. The molecule has 6 nitrogen and oxygen atoms in total. The molecule has 0 aliphatic heterocycles.